The molecule has 0 bridgehead atoms. The topological polar surface area (TPSA) is 72.6 Å². The minimum absolute atomic E-state index is 0.0142. The van der Waals surface area contributed by atoms with Crippen LogP contribution < -0.4 is 4.74 Å². The minimum Gasteiger partial charge on any atom is -0.492 e. The molecule has 0 aromatic heterocycles. The van der Waals surface area contributed by atoms with Gasteiger partial charge in [-0.1, -0.05) is 6.07 Å². The van der Waals surface area contributed by atoms with Crippen LogP contribution in [0.5, 0.6) is 5.75 Å². The van der Waals surface area contributed by atoms with Crippen LogP contribution in [0.3, 0.4) is 0 Å². The van der Waals surface area contributed by atoms with E-state index in [1.807, 2.05) is 0 Å². The van der Waals surface area contributed by atoms with Gasteiger partial charge in [0.25, 0.3) is 5.69 Å². The molecule has 0 saturated carbocycles. The zero-order chi connectivity index (χ0) is 12.0. The molecular formula is C10H12BrNO4. The first-order valence-electron chi connectivity index (χ1n) is 4.83. The summed E-state index contributed by atoms with van der Waals surface area (Å²) >= 11 is 3.13. The number of nitrogens with zero attached hydrogens (tertiary/aromatic N) is 1. The van der Waals surface area contributed by atoms with E-state index in [9.17, 15) is 10.1 Å². The molecule has 0 radical (unpaired) electrons. The molecule has 1 N–H and O–H groups in total. The Bertz CT molecular complexity index is 370. The third kappa shape index (κ3) is 3.46. The number of hydrogen-bond acceptors (Lipinski definition) is 4. The van der Waals surface area contributed by atoms with Crippen molar-refractivity contribution in [3.8, 4) is 5.75 Å². The second-order valence-corrected chi connectivity index (χ2v) is 3.92. The highest BCUT2D eigenvalue weighted by Crippen LogP contribution is 2.33. The number of ether oxygens (including phenoxy) is 1. The zero-order valence-electron chi connectivity index (χ0n) is 8.56. The van der Waals surface area contributed by atoms with E-state index in [1.165, 1.54) is 6.07 Å². The number of benzene rings is 1. The van der Waals surface area contributed by atoms with Crippen LogP contribution in [0.2, 0.25) is 0 Å². The molecule has 0 atom stereocenters. The molecule has 0 saturated heterocycles. The summed E-state index contributed by atoms with van der Waals surface area (Å²) in [4.78, 5) is 10.2. The molecule has 1 aromatic carbocycles. The number of nitro benzene ring substituents is 1. The Balaban J connectivity index is 2.66. The minimum atomic E-state index is -0.468. The average Bonchev–Trinajstić information content (AvgIpc) is 2.26. The maximum absolute atomic E-state index is 10.6. The van der Waals surface area contributed by atoms with Gasteiger partial charge >= 0.3 is 0 Å². The van der Waals surface area contributed by atoms with Crippen molar-refractivity contribution in [2.24, 2.45) is 0 Å². The summed E-state index contributed by atoms with van der Waals surface area (Å²) in [6.45, 7) is 0.555. The van der Waals surface area contributed by atoms with Gasteiger partial charge in [0.15, 0.2) is 0 Å². The van der Waals surface area contributed by atoms with Crippen LogP contribution in [-0.4, -0.2) is 23.2 Å². The lowest BCUT2D eigenvalue weighted by Gasteiger charge is -2.07. The summed E-state index contributed by atoms with van der Waals surface area (Å²) in [7, 11) is 0. The zero-order valence-corrected chi connectivity index (χ0v) is 10.1. The Morgan fingerprint density at radius 2 is 2.19 bits per heavy atom. The van der Waals surface area contributed by atoms with Crippen LogP contribution in [0.25, 0.3) is 0 Å². The van der Waals surface area contributed by atoms with Gasteiger partial charge in [0.2, 0.25) is 0 Å². The van der Waals surface area contributed by atoms with Gasteiger partial charge in [-0.2, -0.15) is 0 Å². The number of rotatable bonds is 6. The maximum atomic E-state index is 10.6. The van der Waals surface area contributed by atoms with Crippen molar-refractivity contribution in [1.82, 2.24) is 0 Å². The van der Waals surface area contributed by atoms with Gasteiger partial charge in [-0.3, -0.25) is 10.1 Å². The predicted molar refractivity (Wildman–Crippen MR) is 62.6 cm³/mol. The number of unbranched alkanes of at least 4 members (excludes halogenated alkanes) is 1. The highest BCUT2D eigenvalue weighted by molar-refractivity contribution is 9.10. The van der Waals surface area contributed by atoms with E-state index >= 15 is 0 Å². The van der Waals surface area contributed by atoms with Crippen molar-refractivity contribution in [2.45, 2.75) is 12.8 Å². The predicted octanol–water partition coefficient (Wildman–Crippen LogP) is 2.51. The Morgan fingerprint density at radius 1 is 1.44 bits per heavy atom. The second kappa shape index (κ2) is 6.44. The SMILES string of the molecule is O=[N+]([O-])c1cccc(OCCCCO)c1Br. The number of hydrogen-bond donors (Lipinski definition) is 1. The van der Waals surface area contributed by atoms with Crippen molar-refractivity contribution in [1.29, 1.82) is 0 Å². The van der Waals surface area contributed by atoms with Crippen molar-refractivity contribution >= 4 is 21.6 Å². The molecule has 0 spiro atoms. The van der Waals surface area contributed by atoms with Crippen LogP contribution in [-0.2, 0) is 0 Å². The lowest BCUT2D eigenvalue weighted by Crippen LogP contribution is -2.00. The van der Waals surface area contributed by atoms with Gasteiger partial charge in [-0.15, -0.1) is 0 Å². The molecule has 0 aliphatic carbocycles. The summed E-state index contributed by atoms with van der Waals surface area (Å²) in [5.41, 5.74) is -0.0142. The summed E-state index contributed by atoms with van der Waals surface area (Å²) in [6, 6.07) is 4.64. The number of halogens is 1. The van der Waals surface area contributed by atoms with E-state index in [0.29, 0.717) is 29.7 Å². The molecule has 0 amide bonds. The number of aliphatic hydroxyl groups excluding tert-OH is 1. The normalized spacial score (nSPS) is 10.1. The number of aliphatic hydroxyl groups is 1. The highest BCUT2D eigenvalue weighted by atomic mass is 79.9. The third-order valence-electron chi connectivity index (χ3n) is 1.95. The fourth-order valence-corrected chi connectivity index (χ4v) is 1.67. The van der Waals surface area contributed by atoms with Gasteiger partial charge < -0.3 is 9.84 Å². The van der Waals surface area contributed by atoms with Crippen LogP contribution in [0.1, 0.15) is 12.8 Å². The number of nitro groups is 1. The molecule has 0 fully saturated rings. The summed E-state index contributed by atoms with van der Waals surface area (Å²) in [5.74, 6) is 0.451. The Labute approximate surface area is 101 Å². The van der Waals surface area contributed by atoms with Gasteiger partial charge in [-0.25, -0.2) is 0 Å². The molecule has 88 valence electrons. The van der Waals surface area contributed by atoms with Crippen LogP contribution in [0.15, 0.2) is 22.7 Å². The van der Waals surface area contributed by atoms with Crippen LogP contribution >= 0.6 is 15.9 Å². The molecule has 1 aromatic rings. The highest BCUT2D eigenvalue weighted by Gasteiger charge is 2.15. The lowest BCUT2D eigenvalue weighted by molar-refractivity contribution is -0.385. The first-order chi connectivity index (χ1) is 7.66. The standard InChI is InChI=1S/C10H12BrNO4/c11-10-8(12(14)15)4-3-5-9(10)16-7-2-1-6-13/h3-5,13H,1-2,6-7H2. The fraction of sp³-hybridized carbons (Fsp3) is 0.400. The molecule has 0 aliphatic heterocycles. The first kappa shape index (κ1) is 12.9. The van der Waals surface area contributed by atoms with E-state index in [2.05, 4.69) is 15.9 Å². The fourth-order valence-electron chi connectivity index (χ4n) is 1.15. The van der Waals surface area contributed by atoms with Gasteiger partial charge in [-0.05, 0) is 34.8 Å². The Hall–Kier alpha value is -1.14. The van der Waals surface area contributed by atoms with E-state index in [4.69, 9.17) is 9.84 Å². The summed E-state index contributed by atoms with van der Waals surface area (Å²) < 4.78 is 5.72. The molecule has 0 aliphatic rings. The van der Waals surface area contributed by atoms with E-state index in [1.54, 1.807) is 12.1 Å². The summed E-state index contributed by atoms with van der Waals surface area (Å²) in [6.07, 6.45) is 1.37. The monoisotopic (exact) mass is 289 g/mol. The van der Waals surface area contributed by atoms with Gasteiger partial charge in [0.05, 0.1) is 11.5 Å². The Kier molecular flexibility index (Phi) is 5.21. The summed E-state index contributed by atoms with van der Waals surface area (Å²) in [5, 5.41) is 19.2. The van der Waals surface area contributed by atoms with E-state index in [0.717, 1.165) is 0 Å². The van der Waals surface area contributed by atoms with Gasteiger partial charge in [0.1, 0.15) is 10.2 Å². The average molecular weight is 290 g/mol. The molecule has 0 heterocycles. The molecule has 6 heteroatoms. The third-order valence-corrected chi connectivity index (χ3v) is 2.75. The largest absolute Gasteiger partial charge is 0.492 e. The maximum Gasteiger partial charge on any atom is 0.287 e. The van der Waals surface area contributed by atoms with Crippen molar-refractivity contribution < 1.29 is 14.8 Å². The molecular weight excluding hydrogens is 278 g/mol. The van der Waals surface area contributed by atoms with Crippen molar-refractivity contribution in [2.75, 3.05) is 13.2 Å². The quantitative estimate of drug-likeness (QED) is 0.496. The van der Waals surface area contributed by atoms with E-state index < -0.39 is 4.92 Å². The van der Waals surface area contributed by atoms with E-state index in [-0.39, 0.29) is 12.3 Å². The van der Waals surface area contributed by atoms with Crippen molar-refractivity contribution in [3.63, 3.8) is 0 Å². The second-order valence-electron chi connectivity index (χ2n) is 3.13. The van der Waals surface area contributed by atoms with Crippen molar-refractivity contribution in [3.05, 3.63) is 32.8 Å². The molecule has 16 heavy (non-hydrogen) atoms. The lowest BCUT2D eigenvalue weighted by atomic mass is 10.3. The molecule has 5 nitrogen and oxygen atoms in total. The smallest absolute Gasteiger partial charge is 0.287 e. The van der Waals surface area contributed by atoms with Crippen LogP contribution in [0.4, 0.5) is 5.69 Å². The Morgan fingerprint density at radius 3 is 2.81 bits per heavy atom. The van der Waals surface area contributed by atoms with Gasteiger partial charge in [0, 0.05) is 12.7 Å². The molecule has 0 unspecified atom stereocenters. The molecule has 1 rings (SSSR count). The van der Waals surface area contributed by atoms with Crippen LogP contribution in [0, 0.1) is 10.1 Å². The first-order valence-corrected chi connectivity index (χ1v) is 5.62.